The monoisotopic (exact) mass is 316 g/mol. The zero-order valence-electron chi connectivity index (χ0n) is 12.5. The van der Waals surface area contributed by atoms with Gasteiger partial charge in [-0.25, -0.2) is 0 Å². The third kappa shape index (κ3) is 2.63. The summed E-state index contributed by atoms with van der Waals surface area (Å²) in [6.45, 7) is 0. The Kier molecular flexibility index (Phi) is 3.51. The molecule has 0 fully saturated rings. The number of carbonyl (C=O) groups is 1. The number of Topliss-reactive ketones (excluding diaryl/α,β-unsaturated/α-hetero) is 1. The molecule has 0 aromatic heterocycles. The van der Waals surface area contributed by atoms with E-state index >= 15 is 0 Å². The molecule has 0 saturated carbocycles. The fraction of sp³-hybridized carbons (Fsp3) is 0. The highest BCUT2D eigenvalue weighted by atomic mass is 16.5. The van der Waals surface area contributed by atoms with E-state index in [4.69, 9.17) is 9.47 Å². The number of aliphatic imine (C=N–C) groups is 2. The van der Waals surface area contributed by atoms with E-state index < -0.39 is 5.78 Å². The maximum Gasteiger partial charge on any atom is 0.266 e. The zero-order valence-corrected chi connectivity index (χ0v) is 12.5. The van der Waals surface area contributed by atoms with Gasteiger partial charge in [0, 0.05) is 23.6 Å². The van der Waals surface area contributed by atoms with Gasteiger partial charge in [-0.2, -0.15) is 0 Å². The van der Waals surface area contributed by atoms with Crippen molar-refractivity contribution in [2.24, 2.45) is 9.98 Å². The summed E-state index contributed by atoms with van der Waals surface area (Å²) in [6, 6.07) is 14.7. The smallest absolute Gasteiger partial charge is 0.266 e. The van der Waals surface area contributed by atoms with Crippen LogP contribution in [0.25, 0.3) is 0 Å². The van der Waals surface area contributed by atoms with E-state index in [0.29, 0.717) is 11.5 Å². The van der Waals surface area contributed by atoms with Gasteiger partial charge in [-0.3, -0.25) is 14.8 Å². The van der Waals surface area contributed by atoms with Gasteiger partial charge in [0.25, 0.3) is 5.78 Å². The molecule has 2 heterocycles. The van der Waals surface area contributed by atoms with Gasteiger partial charge in [-0.1, -0.05) is 24.3 Å². The number of rotatable bonds is 2. The zero-order chi connectivity index (χ0) is 16.4. The standard InChI is InChI=1S/C19H12N2O3/c22-19(17-11-20-9-13-5-1-3-7-15(13)23-17)18-12-21-10-14-6-2-4-8-16(14)24-18/h1-12H. The van der Waals surface area contributed by atoms with Gasteiger partial charge in [0.1, 0.15) is 11.5 Å². The minimum Gasteiger partial charge on any atom is -0.451 e. The molecule has 0 amide bonds. The van der Waals surface area contributed by atoms with Crippen molar-refractivity contribution >= 4 is 18.2 Å². The van der Waals surface area contributed by atoms with Gasteiger partial charge in [0.05, 0.1) is 12.4 Å². The number of hydrogen-bond acceptors (Lipinski definition) is 5. The topological polar surface area (TPSA) is 60.2 Å². The number of benzene rings is 2. The minimum atomic E-state index is -0.419. The Bertz CT molecular complexity index is 864. The second-order valence-corrected chi connectivity index (χ2v) is 5.15. The van der Waals surface area contributed by atoms with E-state index in [2.05, 4.69) is 9.98 Å². The highest BCUT2D eigenvalue weighted by Crippen LogP contribution is 2.26. The molecular weight excluding hydrogens is 304 g/mol. The van der Waals surface area contributed by atoms with Crippen LogP contribution in [-0.4, -0.2) is 18.2 Å². The van der Waals surface area contributed by atoms with Crippen LogP contribution >= 0.6 is 0 Å². The van der Waals surface area contributed by atoms with Gasteiger partial charge in [-0.15, -0.1) is 0 Å². The Morgan fingerprint density at radius 3 is 1.67 bits per heavy atom. The molecule has 0 spiro atoms. The van der Waals surface area contributed by atoms with Crippen molar-refractivity contribution in [3.8, 4) is 11.5 Å². The Balaban J connectivity index is 1.63. The Hall–Kier alpha value is -3.47. The molecule has 2 aliphatic heterocycles. The summed E-state index contributed by atoms with van der Waals surface area (Å²) in [5.41, 5.74) is 1.60. The molecule has 116 valence electrons. The first-order valence-corrected chi connectivity index (χ1v) is 7.36. The summed E-state index contributed by atoms with van der Waals surface area (Å²) in [4.78, 5) is 21.0. The Morgan fingerprint density at radius 1 is 0.708 bits per heavy atom. The van der Waals surface area contributed by atoms with Crippen LogP contribution in [-0.2, 0) is 4.79 Å². The lowest BCUT2D eigenvalue weighted by Crippen LogP contribution is -2.15. The van der Waals surface area contributed by atoms with Crippen LogP contribution in [0.2, 0.25) is 0 Å². The normalized spacial score (nSPS) is 14.8. The summed E-state index contributed by atoms with van der Waals surface area (Å²) < 4.78 is 11.4. The van der Waals surface area contributed by atoms with Crippen molar-refractivity contribution in [2.75, 3.05) is 0 Å². The first-order valence-electron chi connectivity index (χ1n) is 7.36. The van der Waals surface area contributed by atoms with Crippen molar-refractivity contribution in [3.05, 3.63) is 83.6 Å². The molecule has 5 nitrogen and oxygen atoms in total. The third-order valence-corrected chi connectivity index (χ3v) is 3.54. The summed E-state index contributed by atoms with van der Waals surface area (Å²) in [5, 5.41) is 0. The Morgan fingerprint density at radius 2 is 1.17 bits per heavy atom. The van der Waals surface area contributed by atoms with E-state index in [9.17, 15) is 4.79 Å². The van der Waals surface area contributed by atoms with Crippen LogP contribution in [0.4, 0.5) is 0 Å². The molecule has 0 radical (unpaired) electrons. The number of fused-ring (bicyclic) bond motifs is 2. The second-order valence-electron chi connectivity index (χ2n) is 5.15. The molecule has 5 heteroatoms. The van der Waals surface area contributed by atoms with E-state index in [1.54, 1.807) is 24.6 Å². The van der Waals surface area contributed by atoms with Crippen molar-refractivity contribution < 1.29 is 14.3 Å². The number of ether oxygens (including phenoxy) is 2. The lowest BCUT2D eigenvalue weighted by atomic mass is 10.2. The predicted molar refractivity (Wildman–Crippen MR) is 90.5 cm³/mol. The minimum absolute atomic E-state index is 0.0806. The quantitative estimate of drug-likeness (QED) is 0.854. The SMILES string of the molecule is O=C(C1=CN=Cc2ccccc2O1)C1=CN=Cc2ccccc2O1. The van der Waals surface area contributed by atoms with Crippen LogP contribution in [0.1, 0.15) is 11.1 Å². The van der Waals surface area contributed by atoms with E-state index in [1.165, 1.54) is 12.4 Å². The second kappa shape index (κ2) is 5.96. The molecule has 2 aliphatic rings. The van der Waals surface area contributed by atoms with Crippen molar-refractivity contribution in [3.63, 3.8) is 0 Å². The van der Waals surface area contributed by atoms with Gasteiger partial charge in [0.15, 0.2) is 11.5 Å². The molecule has 2 aromatic carbocycles. The Labute approximate surface area is 138 Å². The maximum atomic E-state index is 12.7. The molecule has 0 N–H and O–H groups in total. The van der Waals surface area contributed by atoms with Crippen LogP contribution in [0.5, 0.6) is 11.5 Å². The summed E-state index contributed by atoms with van der Waals surface area (Å²) in [6.07, 6.45) is 6.05. The number of nitrogens with zero attached hydrogens (tertiary/aromatic N) is 2. The summed E-state index contributed by atoms with van der Waals surface area (Å²) >= 11 is 0. The van der Waals surface area contributed by atoms with Gasteiger partial charge >= 0.3 is 0 Å². The molecule has 2 aromatic rings. The average Bonchev–Trinajstić information content (AvgIpc) is 2.96. The highest BCUT2D eigenvalue weighted by molar-refractivity contribution is 6.07. The average molecular weight is 316 g/mol. The van der Waals surface area contributed by atoms with Gasteiger partial charge in [-0.05, 0) is 24.3 Å². The van der Waals surface area contributed by atoms with Gasteiger partial charge < -0.3 is 9.47 Å². The first kappa shape index (κ1) is 14.1. The van der Waals surface area contributed by atoms with Crippen molar-refractivity contribution in [2.45, 2.75) is 0 Å². The molecule has 24 heavy (non-hydrogen) atoms. The lowest BCUT2D eigenvalue weighted by Gasteiger charge is -2.12. The third-order valence-electron chi connectivity index (χ3n) is 3.54. The van der Waals surface area contributed by atoms with Gasteiger partial charge in [0.2, 0.25) is 0 Å². The first-order chi connectivity index (χ1) is 11.8. The van der Waals surface area contributed by atoms with Crippen LogP contribution in [0.15, 0.2) is 82.4 Å². The summed E-state index contributed by atoms with van der Waals surface area (Å²) in [5.74, 6) is 0.875. The molecule has 0 atom stereocenters. The van der Waals surface area contributed by atoms with Crippen LogP contribution in [0.3, 0.4) is 0 Å². The fourth-order valence-corrected chi connectivity index (χ4v) is 2.35. The number of ketones is 1. The van der Waals surface area contributed by atoms with Crippen LogP contribution < -0.4 is 9.47 Å². The van der Waals surface area contributed by atoms with Crippen molar-refractivity contribution in [1.29, 1.82) is 0 Å². The summed E-state index contributed by atoms with van der Waals surface area (Å²) in [7, 11) is 0. The molecule has 0 saturated heterocycles. The van der Waals surface area contributed by atoms with E-state index in [1.807, 2.05) is 36.4 Å². The fourth-order valence-electron chi connectivity index (χ4n) is 2.35. The van der Waals surface area contributed by atoms with E-state index in [0.717, 1.165) is 11.1 Å². The molecular formula is C19H12N2O3. The maximum absolute atomic E-state index is 12.7. The molecule has 0 aliphatic carbocycles. The molecule has 0 bridgehead atoms. The van der Waals surface area contributed by atoms with Crippen molar-refractivity contribution in [1.82, 2.24) is 0 Å². The molecule has 0 unspecified atom stereocenters. The highest BCUT2D eigenvalue weighted by Gasteiger charge is 2.23. The number of carbonyl (C=O) groups excluding carboxylic acids is 1. The number of hydrogen-bond donors (Lipinski definition) is 0. The predicted octanol–water partition coefficient (Wildman–Crippen LogP) is 3.26. The lowest BCUT2D eigenvalue weighted by molar-refractivity contribution is -0.116. The molecule has 4 rings (SSSR count). The van der Waals surface area contributed by atoms with E-state index in [-0.39, 0.29) is 11.5 Å². The largest absolute Gasteiger partial charge is 0.451 e. The number of para-hydroxylation sites is 2. The van der Waals surface area contributed by atoms with Crippen LogP contribution in [0, 0.1) is 0 Å².